The standard InChI is InChI=1S/C18H20ClN3O/c1-12(2)23-17-8-7-13(9-14(17)19)10-20-11-18-21-15-5-3-4-6-16(15)22-18/h3-9,12,20H,10-11H2,1-2H3,(H,21,22). The minimum Gasteiger partial charge on any atom is -0.489 e. The molecule has 0 spiro atoms. The van der Waals surface area contributed by atoms with Gasteiger partial charge in [0, 0.05) is 6.54 Å². The zero-order chi connectivity index (χ0) is 16.2. The van der Waals surface area contributed by atoms with Crippen molar-refractivity contribution in [3.63, 3.8) is 0 Å². The Labute approximate surface area is 140 Å². The lowest BCUT2D eigenvalue weighted by molar-refractivity contribution is 0.242. The maximum Gasteiger partial charge on any atom is 0.138 e. The van der Waals surface area contributed by atoms with Gasteiger partial charge in [-0.2, -0.15) is 0 Å². The molecule has 0 saturated heterocycles. The number of nitrogens with one attached hydrogen (secondary N) is 2. The molecule has 0 aliphatic rings. The second-order valence-electron chi connectivity index (χ2n) is 5.74. The number of imidazole rings is 1. The molecule has 0 aliphatic heterocycles. The van der Waals surface area contributed by atoms with Crippen molar-refractivity contribution in [2.45, 2.75) is 33.0 Å². The molecule has 5 heteroatoms. The number of H-pyrrole nitrogens is 1. The van der Waals surface area contributed by atoms with E-state index in [0.717, 1.165) is 34.7 Å². The third-order valence-corrected chi connectivity index (χ3v) is 3.71. The Morgan fingerprint density at radius 1 is 1.17 bits per heavy atom. The van der Waals surface area contributed by atoms with E-state index in [4.69, 9.17) is 16.3 Å². The molecule has 0 radical (unpaired) electrons. The van der Waals surface area contributed by atoms with Crippen molar-refractivity contribution in [1.29, 1.82) is 0 Å². The van der Waals surface area contributed by atoms with E-state index in [-0.39, 0.29) is 6.10 Å². The summed E-state index contributed by atoms with van der Waals surface area (Å²) in [5.41, 5.74) is 3.16. The van der Waals surface area contributed by atoms with E-state index in [1.165, 1.54) is 0 Å². The van der Waals surface area contributed by atoms with Gasteiger partial charge in [-0.05, 0) is 43.7 Å². The highest BCUT2D eigenvalue weighted by Gasteiger charge is 2.06. The van der Waals surface area contributed by atoms with Crippen LogP contribution < -0.4 is 10.1 Å². The third kappa shape index (κ3) is 4.03. The van der Waals surface area contributed by atoms with Crippen LogP contribution in [0.3, 0.4) is 0 Å². The smallest absolute Gasteiger partial charge is 0.138 e. The van der Waals surface area contributed by atoms with E-state index in [1.54, 1.807) is 0 Å². The van der Waals surface area contributed by atoms with Crippen molar-refractivity contribution >= 4 is 22.6 Å². The quantitative estimate of drug-likeness (QED) is 0.709. The molecule has 0 atom stereocenters. The van der Waals surface area contributed by atoms with Gasteiger partial charge in [-0.15, -0.1) is 0 Å². The van der Waals surface area contributed by atoms with Gasteiger partial charge in [0.2, 0.25) is 0 Å². The number of fused-ring (bicyclic) bond motifs is 1. The summed E-state index contributed by atoms with van der Waals surface area (Å²) < 4.78 is 5.64. The molecule has 2 N–H and O–H groups in total. The lowest BCUT2D eigenvalue weighted by Crippen LogP contribution is -2.14. The Kier molecular flexibility index (Phi) is 4.84. The number of aromatic nitrogens is 2. The van der Waals surface area contributed by atoms with E-state index < -0.39 is 0 Å². The van der Waals surface area contributed by atoms with Gasteiger partial charge in [0.1, 0.15) is 11.6 Å². The lowest BCUT2D eigenvalue weighted by atomic mass is 10.2. The number of nitrogens with zero attached hydrogens (tertiary/aromatic N) is 1. The van der Waals surface area contributed by atoms with Crippen LogP contribution in [0, 0.1) is 0 Å². The summed E-state index contributed by atoms with van der Waals surface area (Å²) in [4.78, 5) is 7.85. The van der Waals surface area contributed by atoms with Gasteiger partial charge in [-0.3, -0.25) is 0 Å². The second kappa shape index (κ2) is 7.02. The maximum atomic E-state index is 6.25. The summed E-state index contributed by atoms with van der Waals surface area (Å²) in [5, 5.41) is 4.01. The molecule has 4 nitrogen and oxygen atoms in total. The molecular weight excluding hydrogens is 310 g/mol. The van der Waals surface area contributed by atoms with Crippen LogP contribution in [0.4, 0.5) is 0 Å². The number of halogens is 1. The molecule has 3 rings (SSSR count). The van der Waals surface area contributed by atoms with Crippen LogP contribution in [-0.4, -0.2) is 16.1 Å². The van der Waals surface area contributed by atoms with Gasteiger partial charge < -0.3 is 15.0 Å². The van der Waals surface area contributed by atoms with Gasteiger partial charge in [0.15, 0.2) is 0 Å². The zero-order valence-electron chi connectivity index (χ0n) is 13.3. The summed E-state index contributed by atoms with van der Waals surface area (Å²) in [6.45, 7) is 5.37. The molecule has 3 aromatic rings. The highest BCUT2D eigenvalue weighted by atomic mass is 35.5. The summed E-state index contributed by atoms with van der Waals surface area (Å²) in [6, 6.07) is 13.9. The Morgan fingerprint density at radius 2 is 2.00 bits per heavy atom. The summed E-state index contributed by atoms with van der Waals surface area (Å²) in [7, 11) is 0. The van der Waals surface area contributed by atoms with E-state index in [2.05, 4.69) is 15.3 Å². The molecule has 2 aromatic carbocycles. The lowest BCUT2D eigenvalue weighted by Gasteiger charge is -2.12. The maximum absolute atomic E-state index is 6.25. The van der Waals surface area contributed by atoms with Crippen molar-refractivity contribution in [1.82, 2.24) is 15.3 Å². The predicted molar refractivity (Wildman–Crippen MR) is 93.9 cm³/mol. The van der Waals surface area contributed by atoms with Crippen LogP contribution in [-0.2, 0) is 13.1 Å². The van der Waals surface area contributed by atoms with Crippen LogP contribution in [0.2, 0.25) is 5.02 Å². The Hall–Kier alpha value is -2.04. The average Bonchev–Trinajstić information content (AvgIpc) is 2.92. The highest BCUT2D eigenvalue weighted by Crippen LogP contribution is 2.26. The summed E-state index contributed by atoms with van der Waals surface area (Å²) >= 11 is 6.25. The fourth-order valence-electron chi connectivity index (χ4n) is 2.42. The van der Waals surface area contributed by atoms with Crippen molar-refractivity contribution in [3.8, 4) is 5.75 Å². The topological polar surface area (TPSA) is 49.9 Å². The minimum atomic E-state index is 0.115. The number of hydrogen-bond donors (Lipinski definition) is 2. The zero-order valence-corrected chi connectivity index (χ0v) is 14.0. The van der Waals surface area contributed by atoms with Crippen LogP contribution in [0.5, 0.6) is 5.75 Å². The largest absolute Gasteiger partial charge is 0.489 e. The average molecular weight is 330 g/mol. The van der Waals surface area contributed by atoms with Gasteiger partial charge in [-0.25, -0.2) is 4.98 Å². The molecule has 1 heterocycles. The molecule has 0 unspecified atom stereocenters. The first-order chi connectivity index (χ1) is 11.1. The van der Waals surface area contributed by atoms with Crippen molar-refractivity contribution in [3.05, 3.63) is 58.9 Å². The van der Waals surface area contributed by atoms with E-state index in [9.17, 15) is 0 Å². The Bertz CT molecular complexity index is 765. The molecule has 1 aromatic heterocycles. The van der Waals surface area contributed by atoms with Crippen LogP contribution >= 0.6 is 11.6 Å². The number of rotatable bonds is 6. The third-order valence-electron chi connectivity index (χ3n) is 3.42. The van der Waals surface area contributed by atoms with Gasteiger partial charge in [0.05, 0.1) is 28.7 Å². The highest BCUT2D eigenvalue weighted by molar-refractivity contribution is 6.32. The predicted octanol–water partition coefficient (Wildman–Crippen LogP) is 4.29. The monoisotopic (exact) mass is 329 g/mol. The fraction of sp³-hybridized carbons (Fsp3) is 0.278. The number of ether oxygens (including phenoxy) is 1. The van der Waals surface area contributed by atoms with Crippen LogP contribution in [0.25, 0.3) is 11.0 Å². The van der Waals surface area contributed by atoms with E-state index in [1.807, 2.05) is 56.3 Å². The van der Waals surface area contributed by atoms with Crippen molar-refractivity contribution in [2.24, 2.45) is 0 Å². The van der Waals surface area contributed by atoms with Crippen LogP contribution in [0.15, 0.2) is 42.5 Å². The SMILES string of the molecule is CC(C)Oc1ccc(CNCc2nc3ccccc3[nH]2)cc1Cl. The first-order valence-corrected chi connectivity index (χ1v) is 8.09. The normalized spacial score (nSPS) is 11.3. The van der Waals surface area contributed by atoms with Gasteiger partial charge in [-0.1, -0.05) is 29.8 Å². The minimum absolute atomic E-state index is 0.115. The molecular formula is C18H20ClN3O. The summed E-state index contributed by atoms with van der Waals surface area (Å²) in [5.74, 6) is 1.65. The van der Waals surface area contributed by atoms with Gasteiger partial charge in [0.25, 0.3) is 0 Å². The van der Waals surface area contributed by atoms with E-state index in [0.29, 0.717) is 11.6 Å². The molecule has 0 saturated carbocycles. The Balaban J connectivity index is 1.59. The fourth-order valence-corrected chi connectivity index (χ4v) is 2.67. The molecule has 0 fully saturated rings. The summed E-state index contributed by atoms with van der Waals surface area (Å²) in [6.07, 6.45) is 0.115. The van der Waals surface area contributed by atoms with Crippen LogP contribution in [0.1, 0.15) is 25.2 Å². The molecule has 23 heavy (non-hydrogen) atoms. The first-order valence-electron chi connectivity index (χ1n) is 7.71. The van der Waals surface area contributed by atoms with E-state index >= 15 is 0 Å². The molecule has 0 bridgehead atoms. The van der Waals surface area contributed by atoms with Gasteiger partial charge >= 0.3 is 0 Å². The molecule has 120 valence electrons. The van der Waals surface area contributed by atoms with Crippen molar-refractivity contribution in [2.75, 3.05) is 0 Å². The Morgan fingerprint density at radius 3 is 2.74 bits per heavy atom. The second-order valence-corrected chi connectivity index (χ2v) is 6.14. The molecule has 0 aliphatic carbocycles. The number of para-hydroxylation sites is 2. The first kappa shape index (κ1) is 15.8. The number of hydrogen-bond acceptors (Lipinski definition) is 3. The molecule has 0 amide bonds. The van der Waals surface area contributed by atoms with Crippen molar-refractivity contribution < 1.29 is 4.74 Å². The number of aromatic amines is 1. The number of benzene rings is 2.